The van der Waals surface area contributed by atoms with E-state index in [4.69, 9.17) is 9.47 Å². The molecule has 0 aliphatic carbocycles. The topological polar surface area (TPSA) is 132 Å². The van der Waals surface area contributed by atoms with Crippen molar-refractivity contribution in [2.75, 3.05) is 13.2 Å². The maximum atomic E-state index is 10.8. The average molecular weight is 343 g/mol. The second-order valence-corrected chi connectivity index (χ2v) is 6.99. The first-order valence-electron chi connectivity index (χ1n) is 6.19. The lowest BCUT2D eigenvalue weighted by Crippen LogP contribution is -2.63. The van der Waals surface area contributed by atoms with Gasteiger partial charge in [-0.15, -0.1) is 10.1 Å². The zero-order valence-corrected chi connectivity index (χ0v) is 12.8. The van der Waals surface area contributed by atoms with E-state index < -0.39 is 45.3 Å². The quantitative estimate of drug-likeness (QED) is 0.174. The van der Waals surface area contributed by atoms with Gasteiger partial charge >= 0.3 is 0 Å². The molecular formula is C10H17NO8S2. The van der Waals surface area contributed by atoms with Crippen molar-refractivity contribution in [1.29, 1.82) is 0 Å². The standard InChI is InChI=1S/C10H17NO8S2/c1-4(19-11(15)16)7(13)10(20,21)9(14)3-18-6-5(12)2-17-8(6)9/h4-8,12-14,20-21H,2-3H2,1H3/t4?,5-,6+,7?,8-,9-/m0/s1. The lowest BCUT2D eigenvalue weighted by Gasteiger charge is -2.43. The Balaban J connectivity index is 2.20. The van der Waals surface area contributed by atoms with Crippen molar-refractivity contribution < 1.29 is 34.7 Å². The molecule has 3 N–H and O–H groups in total. The van der Waals surface area contributed by atoms with E-state index in [0.717, 1.165) is 0 Å². The number of aliphatic hydroxyl groups excluding tert-OH is 2. The number of thiol groups is 2. The summed E-state index contributed by atoms with van der Waals surface area (Å²) in [7, 11) is 0. The summed E-state index contributed by atoms with van der Waals surface area (Å²) in [5, 5.41) is 39.9. The van der Waals surface area contributed by atoms with Gasteiger partial charge in [0.25, 0.3) is 5.09 Å². The number of ether oxygens (including phenoxy) is 2. The maximum absolute atomic E-state index is 10.8. The third-order valence-electron chi connectivity index (χ3n) is 3.84. The predicted octanol–water partition coefficient (Wildman–Crippen LogP) is -1.61. The van der Waals surface area contributed by atoms with Gasteiger partial charge in [0.2, 0.25) is 0 Å². The minimum Gasteiger partial charge on any atom is -0.388 e. The van der Waals surface area contributed by atoms with Crippen LogP contribution in [0.1, 0.15) is 6.92 Å². The molecule has 2 rings (SSSR count). The third kappa shape index (κ3) is 2.71. The maximum Gasteiger partial charge on any atom is 0.294 e. The lowest BCUT2D eigenvalue weighted by atomic mass is 9.87. The minimum absolute atomic E-state index is 0.0354. The fraction of sp³-hybridized carbons (Fsp3) is 1.00. The number of rotatable bonds is 5. The van der Waals surface area contributed by atoms with Crippen molar-refractivity contribution in [3.8, 4) is 0 Å². The summed E-state index contributed by atoms with van der Waals surface area (Å²) in [5.41, 5.74) is -1.87. The van der Waals surface area contributed by atoms with E-state index in [1.165, 1.54) is 6.92 Å². The Hall–Kier alpha value is -0.300. The second kappa shape index (κ2) is 5.72. The van der Waals surface area contributed by atoms with Gasteiger partial charge in [-0.05, 0) is 6.92 Å². The molecule has 0 bridgehead atoms. The summed E-state index contributed by atoms with van der Waals surface area (Å²) in [5.74, 6) is 0. The van der Waals surface area contributed by atoms with Gasteiger partial charge in [-0.2, -0.15) is 25.3 Å². The highest BCUT2D eigenvalue weighted by atomic mass is 32.2. The minimum atomic E-state index is -1.87. The van der Waals surface area contributed by atoms with Gasteiger partial charge in [-0.3, -0.25) is 0 Å². The first-order chi connectivity index (χ1) is 9.61. The molecule has 0 spiro atoms. The fourth-order valence-electron chi connectivity index (χ4n) is 2.60. The number of hydrogen-bond donors (Lipinski definition) is 5. The molecule has 0 radical (unpaired) electrons. The largest absolute Gasteiger partial charge is 0.388 e. The van der Waals surface area contributed by atoms with Gasteiger partial charge in [0.15, 0.2) is 0 Å². The molecule has 9 nitrogen and oxygen atoms in total. The zero-order valence-electron chi connectivity index (χ0n) is 11.0. The molecule has 0 aromatic rings. The highest BCUT2D eigenvalue weighted by Crippen LogP contribution is 2.48. The Morgan fingerprint density at radius 1 is 1.52 bits per heavy atom. The molecule has 21 heavy (non-hydrogen) atoms. The van der Waals surface area contributed by atoms with Crippen molar-refractivity contribution in [2.45, 2.75) is 47.1 Å². The molecule has 2 heterocycles. The van der Waals surface area contributed by atoms with Gasteiger partial charge in [-0.25, -0.2) is 0 Å². The molecule has 0 aromatic carbocycles. The summed E-state index contributed by atoms with van der Waals surface area (Å²) < 4.78 is 8.76. The van der Waals surface area contributed by atoms with Crippen molar-refractivity contribution >= 4 is 25.3 Å². The summed E-state index contributed by atoms with van der Waals surface area (Å²) in [6.07, 6.45) is -5.54. The SMILES string of the molecule is CC(O[N+](=O)[O-])C(O)C(S)(S)[C@]1(O)CO[C@@H]2[C@@H](O)CO[C@@H]21. The van der Waals surface area contributed by atoms with Gasteiger partial charge in [0.05, 0.1) is 13.2 Å². The van der Waals surface area contributed by atoms with Crippen LogP contribution < -0.4 is 0 Å². The van der Waals surface area contributed by atoms with Gasteiger partial charge in [-0.1, -0.05) is 0 Å². The molecule has 122 valence electrons. The monoisotopic (exact) mass is 343 g/mol. The van der Waals surface area contributed by atoms with Gasteiger partial charge in [0, 0.05) is 0 Å². The Kier molecular flexibility index (Phi) is 4.65. The highest BCUT2D eigenvalue weighted by Gasteiger charge is 2.65. The Morgan fingerprint density at radius 2 is 2.14 bits per heavy atom. The van der Waals surface area contributed by atoms with Crippen molar-refractivity contribution in [3.63, 3.8) is 0 Å². The smallest absolute Gasteiger partial charge is 0.294 e. The molecule has 2 aliphatic heterocycles. The fourth-order valence-corrected chi connectivity index (χ4v) is 3.40. The van der Waals surface area contributed by atoms with Crippen molar-refractivity contribution in [1.82, 2.24) is 0 Å². The molecule has 0 aromatic heterocycles. The van der Waals surface area contributed by atoms with E-state index in [-0.39, 0.29) is 13.2 Å². The van der Waals surface area contributed by atoms with Gasteiger partial charge in [0.1, 0.15) is 40.2 Å². The Bertz CT molecular complexity index is 424. The Labute approximate surface area is 131 Å². The normalized spacial score (nSPS) is 38.9. The van der Waals surface area contributed by atoms with Crippen molar-refractivity contribution in [2.24, 2.45) is 0 Å². The number of hydrogen-bond acceptors (Lipinski definition) is 10. The molecule has 2 fully saturated rings. The summed E-state index contributed by atoms with van der Waals surface area (Å²) in [6, 6.07) is 0. The van der Waals surface area contributed by atoms with Crippen LogP contribution in [0.3, 0.4) is 0 Å². The van der Waals surface area contributed by atoms with Crippen LogP contribution in [0, 0.1) is 10.1 Å². The van der Waals surface area contributed by atoms with E-state index in [2.05, 4.69) is 30.1 Å². The van der Waals surface area contributed by atoms with E-state index in [0.29, 0.717) is 0 Å². The molecule has 6 atom stereocenters. The summed E-state index contributed by atoms with van der Waals surface area (Å²) >= 11 is 8.31. The third-order valence-corrected chi connectivity index (χ3v) is 5.14. The van der Waals surface area contributed by atoms with Crippen LogP contribution in [0.15, 0.2) is 0 Å². The molecular weight excluding hydrogens is 326 g/mol. The van der Waals surface area contributed by atoms with Gasteiger partial charge < -0.3 is 29.6 Å². The lowest BCUT2D eigenvalue weighted by molar-refractivity contribution is -0.769. The molecule has 0 amide bonds. The van der Waals surface area contributed by atoms with Crippen LogP contribution >= 0.6 is 25.3 Å². The summed E-state index contributed by atoms with van der Waals surface area (Å²) in [6.45, 7) is 0.913. The Morgan fingerprint density at radius 3 is 2.71 bits per heavy atom. The molecule has 2 unspecified atom stereocenters. The average Bonchev–Trinajstić information content (AvgIpc) is 2.91. The highest BCUT2D eigenvalue weighted by molar-refractivity contribution is 8.00. The van der Waals surface area contributed by atoms with Crippen LogP contribution in [0.2, 0.25) is 0 Å². The number of fused-ring (bicyclic) bond motifs is 1. The number of nitrogens with zero attached hydrogens (tertiary/aromatic N) is 1. The van der Waals surface area contributed by atoms with Crippen molar-refractivity contribution in [3.05, 3.63) is 10.1 Å². The molecule has 0 saturated carbocycles. The second-order valence-electron chi connectivity index (χ2n) is 5.23. The first kappa shape index (κ1) is 17.1. The number of aliphatic hydroxyl groups is 3. The molecule has 2 aliphatic rings. The molecule has 2 saturated heterocycles. The van der Waals surface area contributed by atoms with E-state index >= 15 is 0 Å². The predicted molar refractivity (Wildman–Crippen MR) is 74.7 cm³/mol. The van der Waals surface area contributed by atoms with Crippen LogP contribution in [-0.4, -0.2) is 73.8 Å². The van der Waals surface area contributed by atoms with Crippen LogP contribution in [0.25, 0.3) is 0 Å². The van der Waals surface area contributed by atoms with Crippen LogP contribution in [0.5, 0.6) is 0 Å². The van der Waals surface area contributed by atoms with E-state index in [1.54, 1.807) is 0 Å². The molecule has 11 heteroatoms. The first-order valence-corrected chi connectivity index (χ1v) is 7.08. The summed E-state index contributed by atoms with van der Waals surface area (Å²) in [4.78, 5) is 14.6. The van der Waals surface area contributed by atoms with E-state index in [9.17, 15) is 25.4 Å². The van der Waals surface area contributed by atoms with Crippen LogP contribution in [0.4, 0.5) is 0 Å². The van der Waals surface area contributed by atoms with E-state index in [1.807, 2.05) is 0 Å². The zero-order chi connectivity index (χ0) is 16.0. The van der Waals surface area contributed by atoms with Crippen LogP contribution in [-0.2, 0) is 14.3 Å².